The third-order valence-corrected chi connectivity index (χ3v) is 5.01. The third-order valence-electron chi connectivity index (χ3n) is 5.01. The van der Waals surface area contributed by atoms with Crippen LogP contribution in [-0.4, -0.2) is 19.2 Å². The van der Waals surface area contributed by atoms with Crippen LogP contribution in [-0.2, 0) is 11.3 Å². The van der Waals surface area contributed by atoms with E-state index in [0.29, 0.717) is 6.61 Å². The lowest BCUT2D eigenvalue weighted by Gasteiger charge is -2.32. The molecule has 1 aliphatic rings. The molecule has 1 heterocycles. The zero-order chi connectivity index (χ0) is 17.1. The van der Waals surface area contributed by atoms with Gasteiger partial charge in [0.15, 0.2) is 0 Å². The van der Waals surface area contributed by atoms with Crippen molar-refractivity contribution in [2.75, 3.05) is 13.1 Å². The van der Waals surface area contributed by atoms with E-state index in [0.717, 1.165) is 30.6 Å². The van der Waals surface area contributed by atoms with E-state index in [1.54, 1.807) is 6.07 Å². The van der Waals surface area contributed by atoms with Crippen molar-refractivity contribution in [3.8, 4) is 0 Å². The number of benzene rings is 3. The lowest BCUT2D eigenvalue weighted by atomic mass is 9.87. The minimum Gasteiger partial charge on any atom is -0.372 e. The molecule has 1 aliphatic heterocycles. The second-order valence-electron chi connectivity index (χ2n) is 6.65. The number of halogens is 1. The first-order chi connectivity index (χ1) is 12.3. The number of hydrogen-bond donors (Lipinski definition) is 1. The van der Waals surface area contributed by atoms with E-state index >= 15 is 0 Å². The normalized spacial score (nSPS) is 20.7. The maximum absolute atomic E-state index is 14.2. The second kappa shape index (κ2) is 7.34. The molecule has 0 bridgehead atoms. The minimum atomic E-state index is -0.131. The molecule has 4 rings (SSSR count). The maximum atomic E-state index is 14.2. The number of fused-ring (bicyclic) bond motifs is 1. The molecule has 0 amide bonds. The minimum absolute atomic E-state index is 0.0166. The van der Waals surface area contributed by atoms with Gasteiger partial charge in [0.25, 0.3) is 0 Å². The van der Waals surface area contributed by atoms with Gasteiger partial charge in [-0.15, -0.1) is 0 Å². The number of ether oxygens (including phenoxy) is 1. The van der Waals surface area contributed by atoms with E-state index in [9.17, 15) is 4.39 Å². The van der Waals surface area contributed by atoms with Gasteiger partial charge < -0.3 is 10.1 Å². The zero-order valence-corrected chi connectivity index (χ0v) is 14.1. The molecule has 1 N–H and O–H groups in total. The summed E-state index contributed by atoms with van der Waals surface area (Å²) in [7, 11) is 0. The molecule has 1 saturated heterocycles. The van der Waals surface area contributed by atoms with Crippen LogP contribution in [0, 0.1) is 5.82 Å². The van der Waals surface area contributed by atoms with Crippen LogP contribution in [0.3, 0.4) is 0 Å². The number of rotatable bonds is 4. The van der Waals surface area contributed by atoms with E-state index in [4.69, 9.17) is 4.74 Å². The van der Waals surface area contributed by atoms with E-state index in [1.165, 1.54) is 16.8 Å². The van der Waals surface area contributed by atoms with Gasteiger partial charge in [-0.05, 0) is 47.0 Å². The molecule has 3 aromatic rings. The van der Waals surface area contributed by atoms with Gasteiger partial charge in [-0.3, -0.25) is 0 Å². The standard InChI is InChI=1S/C22H22FNO/c23-21-8-4-3-7-19(21)20-11-12-24-14-22(20)25-15-16-9-10-17-5-1-2-6-18(17)13-16/h1-10,13,20,22,24H,11-12,14-15H2. The zero-order valence-electron chi connectivity index (χ0n) is 14.1. The van der Waals surface area contributed by atoms with Crippen LogP contribution in [0.25, 0.3) is 10.8 Å². The number of piperidine rings is 1. The van der Waals surface area contributed by atoms with Crippen LogP contribution in [0.4, 0.5) is 4.39 Å². The Labute approximate surface area is 147 Å². The Bertz CT molecular complexity index is 863. The molecule has 3 heteroatoms. The van der Waals surface area contributed by atoms with Crippen molar-refractivity contribution in [1.29, 1.82) is 0 Å². The molecular weight excluding hydrogens is 313 g/mol. The van der Waals surface area contributed by atoms with Crippen molar-refractivity contribution in [3.63, 3.8) is 0 Å². The highest BCUT2D eigenvalue weighted by atomic mass is 19.1. The highest BCUT2D eigenvalue weighted by molar-refractivity contribution is 5.82. The number of hydrogen-bond acceptors (Lipinski definition) is 2. The first-order valence-corrected chi connectivity index (χ1v) is 8.86. The van der Waals surface area contributed by atoms with Crippen LogP contribution >= 0.6 is 0 Å². The highest BCUT2D eigenvalue weighted by Gasteiger charge is 2.28. The molecule has 2 unspecified atom stereocenters. The van der Waals surface area contributed by atoms with Crippen LogP contribution in [0.15, 0.2) is 66.7 Å². The average Bonchev–Trinajstić information content (AvgIpc) is 2.67. The summed E-state index contributed by atoms with van der Waals surface area (Å²) >= 11 is 0. The van der Waals surface area contributed by atoms with Gasteiger partial charge in [0, 0.05) is 12.5 Å². The second-order valence-corrected chi connectivity index (χ2v) is 6.65. The average molecular weight is 335 g/mol. The van der Waals surface area contributed by atoms with Gasteiger partial charge in [-0.2, -0.15) is 0 Å². The molecule has 128 valence electrons. The molecule has 1 fully saturated rings. The van der Waals surface area contributed by atoms with Crippen molar-refractivity contribution in [3.05, 3.63) is 83.7 Å². The smallest absolute Gasteiger partial charge is 0.126 e. The Balaban J connectivity index is 1.50. The molecule has 2 atom stereocenters. The molecule has 3 aromatic carbocycles. The Kier molecular flexibility index (Phi) is 4.77. The predicted molar refractivity (Wildman–Crippen MR) is 99.2 cm³/mol. The van der Waals surface area contributed by atoms with Crippen molar-refractivity contribution in [2.24, 2.45) is 0 Å². The van der Waals surface area contributed by atoms with Crippen LogP contribution in [0.5, 0.6) is 0 Å². The van der Waals surface area contributed by atoms with E-state index in [-0.39, 0.29) is 17.8 Å². The quantitative estimate of drug-likeness (QED) is 0.750. The molecule has 0 spiro atoms. The molecule has 0 saturated carbocycles. The topological polar surface area (TPSA) is 21.3 Å². The molecular formula is C22H22FNO. The van der Waals surface area contributed by atoms with Crippen molar-refractivity contribution < 1.29 is 9.13 Å². The third kappa shape index (κ3) is 3.58. The van der Waals surface area contributed by atoms with Gasteiger partial charge in [0.2, 0.25) is 0 Å². The largest absolute Gasteiger partial charge is 0.372 e. The molecule has 2 nitrogen and oxygen atoms in total. The Morgan fingerprint density at radius 2 is 1.76 bits per heavy atom. The van der Waals surface area contributed by atoms with Gasteiger partial charge in [-0.25, -0.2) is 4.39 Å². The van der Waals surface area contributed by atoms with Crippen LogP contribution in [0.2, 0.25) is 0 Å². The summed E-state index contributed by atoms with van der Waals surface area (Å²) in [5.41, 5.74) is 1.92. The van der Waals surface area contributed by atoms with Gasteiger partial charge in [-0.1, -0.05) is 54.6 Å². The van der Waals surface area contributed by atoms with Gasteiger partial charge >= 0.3 is 0 Å². The lowest BCUT2D eigenvalue weighted by Crippen LogP contribution is -2.41. The van der Waals surface area contributed by atoms with Crippen LogP contribution in [0.1, 0.15) is 23.5 Å². The summed E-state index contributed by atoms with van der Waals surface area (Å²) in [6.45, 7) is 2.20. The molecule has 0 aliphatic carbocycles. The first-order valence-electron chi connectivity index (χ1n) is 8.86. The predicted octanol–water partition coefficient (Wildman–Crippen LogP) is 4.64. The number of nitrogens with one attached hydrogen (secondary N) is 1. The SMILES string of the molecule is Fc1ccccc1C1CCNCC1OCc1ccc2ccccc2c1. The van der Waals surface area contributed by atoms with Crippen LogP contribution < -0.4 is 5.32 Å². The van der Waals surface area contributed by atoms with Gasteiger partial charge in [0.05, 0.1) is 12.7 Å². The summed E-state index contributed by atoms with van der Waals surface area (Å²) in [6, 6.07) is 21.8. The molecule has 0 radical (unpaired) electrons. The fourth-order valence-corrected chi connectivity index (χ4v) is 3.67. The summed E-state index contributed by atoms with van der Waals surface area (Å²) < 4.78 is 20.4. The fourth-order valence-electron chi connectivity index (χ4n) is 3.67. The Morgan fingerprint density at radius 3 is 2.64 bits per heavy atom. The highest BCUT2D eigenvalue weighted by Crippen LogP contribution is 2.30. The maximum Gasteiger partial charge on any atom is 0.126 e. The summed E-state index contributed by atoms with van der Waals surface area (Å²) in [4.78, 5) is 0. The van der Waals surface area contributed by atoms with Crippen molar-refractivity contribution in [2.45, 2.75) is 25.0 Å². The van der Waals surface area contributed by atoms with Crippen molar-refractivity contribution >= 4 is 10.8 Å². The first kappa shape index (κ1) is 16.2. The summed E-state index contributed by atoms with van der Waals surface area (Å²) in [6.07, 6.45) is 0.876. The van der Waals surface area contributed by atoms with E-state index < -0.39 is 0 Å². The lowest BCUT2D eigenvalue weighted by molar-refractivity contribution is 0.00989. The summed E-state index contributed by atoms with van der Waals surface area (Å²) in [5.74, 6) is -0.0309. The monoisotopic (exact) mass is 335 g/mol. The van der Waals surface area contributed by atoms with Gasteiger partial charge in [0.1, 0.15) is 5.82 Å². The Morgan fingerprint density at radius 1 is 0.960 bits per heavy atom. The fraction of sp³-hybridized carbons (Fsp3) is 0.273. The molecule has 25 heavy (non-hydrogen) atoms. The molecule has 0 aromatic heterocycles. The summed E-state index contributed by atoms with van der Waals surface area (Å²) in [5, 5.41) is 5.82. The Hall–Kier alpha value is -2.23. The van der Waals surface area contributed by atoms with Crippen molar-refractivity contribution in [1.82, 2.24) is 5.32 Å². The van der Waals surface area contributed by atoms with E-state index in [1.807, 2.05) is 24.3 Å². The van der Waals surface area contributed by atoms with E-state index in [2.05, 4.69) is 35.6 Å².